The number of piperidine rings is 1. The maximum atomic E-state index is 13.7. The molecule has 0 saturated carbocycles. The Bertz CT molecular complexity index is 1020. The number of anilines is 1. The smallest absolute Gasteiger partial charge is 0.241 e. The lowest BCUT2D eigenvalue weighted by Crippen LogP contribution is -2.46. The summed E-state index contributed by atoms with van der Waals surface area (Å²) in [5.41, 5.74) is 3.57. The number of rotatable bonds is 9. The number of hydrogen-bond acceptors (Lipinski definition) is 4. The molecule has 0 radical (unpaired) electrons. The number of nitrogens with one attached hydrogen (secondary N) is 1. The molecular weight excluding hydrogens is 431 g/mol. The van der Waals surface area contributed by atoms with E-state index in [0.717, 1.165) is 16.8 Å². The zero-order valence-electron chi connectivity index (χ0n) is 20.0. The second-order valence-corrected chi connectivity index (χ2v) is 8.98. The second-order valence-electron chi connectivity index (χ2n) is 8.98. The number of carbonyl (C=O) groups excluding carboxylic acids is 2. The van der Waals surface area contributed by atoms with E-state index in [9.17, 15) is 14.0 Å². The zero-order valence-corrected chi connectivity index (χ0v) is 20.0. The Kier molecular flexibility index (Phi) is 9.17. The highest BCUT2D eigenvalue weighted by Gasteiger charge is 2.27. The van der Waals surface area contributed by atoms with Gasteiger partial charge in [0.25, 0.3) is 0 Å². The van der Waals surface area contributed by atoms with Crippen molar-refractivity contribution in [3.8, 4) is 6.07 Å². The number of nitriles is 1. The molecule has 34 heavy (non-hydrogen) atoms. The van der Waals surface area contributed by atoms with Crippen LogP contribution >= 0.6 is 0 Å². The standard InChI is InChI=1S/C27H33FN4O2/c1-20-16-21(2)18-24(17-20)32(13-5-11-29)26(33)19-31-14-9-23(10-15-31)27(34)30-12-8-22-6-3-4-7-25(22)28/h3-4,6-7,16-18,23H,5,8-10,12-15,19H2,1-2H3,(H,30,34). The first-order valence-corrected chi connectivity index (χ1v) is 11.9. The van der Waals surface area contributed by atoms with E-state index in [4.69, 9.17) is 5.26 Å². The molecule has 6 nitrogen and oxygen atoms in total. The number of hydrogen-bond donors (Lipinski definition) is 1. The van der Waals surface area contributed by atoms with Crippen LogP contribution in [-0.4, -0.2) is 49.4 Å². The average molecular weight is 465 g/mol. The third-order valence-electron chi connectivity index (χ3n) is 6.24. The van der Waals surface area contributed by atoms with Gasteiger partial charge in [-0.3, -0.25) is 14.5 Å². The number of nitrogens with zero attached hydrogens (tertiary/aromatic N) is 3. The highest BCUT2D eigenvalue weighted by atomic mass is 19.1. The number of halogens is 1. The monoisotopic (exact) mass is 464 g/mol. The highest BCUT2D eigenvalue weighted by Crippen LogP contribution is 2.21. The summed E-state index contributed by atoms with van der Waals surface area (Å²) in [6, 6.07) is 14.7. The third kappa shape index (κ3) is 7.13. The van der Waals surface area contributed by atoms with Crippen LogP contribution < -0.4 is 10.2 Å². The molecule has 1 heterocycles. The Labute approximate surface area is 201 Å². The summed E-state index contributed by atoms with van der Waals surface area (Å²) >= 11 is 0. The van der Waals surface area contributed by atoms with Crippen LogP contribution in [0.2, 0.25) is 0 Å². The lowest BCUT2D eigenvalue weighted by atomic mass is 9.95. The van der Waals surface area contributed by atoms with Crippen LogP contribution in [0.3, 0.4) is 0 Å². The molecule has 3 rings (SSSR count). The molecule has 1 fully saturated rings. The van der Waals surface area contributed by atoms with E-state index in [1.807, 2.05) is 26.0 Å². The van der Waals surface area contributed by atoms with E-state index in [1.54, 1.807) is 23.1 Å². The maximum absolute atomic E-state index is 13.7. The van der Waals surface area contributed by atoms with Crippen molar-refractivity contribution in [2.75, 3.05) is 37.6 Å². The molecule has 0 unspecified atom stereocenters. The minimum absolute atomic E-state index is 0.00630. The fourth-order valence-electron chi connectivity index (χ4n) is 4.46. The lowest BCUT2D eigenvalue weighted by Gasteiger charge is -2.32. The van der Waals surface area contributed by atoms with Gasteiger partial charge in [0, 0.05) is 24.7 Å². The van der Waals surface area contributed by atoms with E-state index in [2.05, 4.69) is 22.4 Å². The van der Waals surface area contributed by atoms with Crippen LogP contribution in [0.1, 0.15) is 36.0 Å². The summed E-state index contributed by atoms with van der Waals surface area (Å²) in [5.74, 6) is -0.387. The van der Waals surface area contributed by atoms with Crippen molar-refractivity contribution in [3.63, 3.8) is 0 Å². The minimum Gasteiger partial charge on any atom is -0.356 e. The van der Waals surface area contributed by atoms with Crippen molar-refractivity contribution in [1.82, 2.24) is 10.2 Å². The molecule has 2 aromatic rings. The van der Waals surface area contributed by atoms with Crippen LogP contribution in [0.5, 0.6) is 0 Å². The summed E-state index contributed by atoms with van der Waals surface area (Å²) in [5, 5.41) is 12.0. The molecule has 180 valence electrons. The molecule has 0 spiro atoms. The summed E-state index contributed by atoms with van der Waals surface area (Å²) < 4.78 is 13.7. The van der Waals surface area contributed by atoms with Crippen LogP contribution in [0, 0.1) is 36.9 Å². The van der Waals surface area contributed by atoms with Crippen molar-refractivity contribution in [2.24, 2.45) is 5.92 Å². The summed E-state index contributed by atoms with van der Waals surface area (Å²) in [4.78, 5) is 29.4. The molecule has 1 aliphatic heterocycles. The average Bonchev–Trinajstić information content (AvgIpc) is 2.80. The predicted molar refractivity (Wildman–Crippen MR) is 131 cm³/mol. The van der Waals surface area contributed by atoms with Gasteiger partial charge in [0.2, 0.25) is 11.8 Å². The lowest BCUT2D eigenvalue weighted by molar-refractivity contribution is -0.126. The highest BCUT2D eigenvalue weighted by molar-refractivity contribution is 5.95. The van der Waals surface area contributed by atoms with Gasteiger partial charge in [-0.1, -0.05) is 24.3 Å². The molecule has 2 amide bonds. The summed E-state index contributed by atoms with van der Waals surface area (Å²) in [6.45, 7) is 6.35. The molecule has 1 N–H and O–H groups in total. The van der Waals surface area contributed by atoms with Crippen LogP contribution in [0.4, 0.5) is 10.1 Å². The van der Waals surface area contributed by atoms with E-state index < -0.39 is 0 Å². The van der Waals surface area contributed by atoms with Gasteiger partial charge in [-0.15, -0.1) is 0 Å². The summed E-state index contributed by atoms with van der Waals surface area (Å²) in [6.07, 6.45) is 2.09. The Balaban J connectivity index is 1.48. The van der Waals surface area contributed by atoms with E-state index in [1.165, 1.54) is 6.07 Å². The molecule has 1 aliphatic rings. The quantitative estimate of drug-likeness (QED) is 0.613. The molecular formula is C27H33FN4O2. The van der Waals surface area contributed by atoms with Gasteiger partial charge in [-0.25, -0.2) is 4.39 Å². The predicted octanol–water partition coefficient (Wildman–Crippen LogP) is 3.76. The Morgan fingerprint density at radius 1 is 1.15 bits per heavy atom. The first-order chi connectivity index (χ1) is 16.4. The van der Waals surface area contributed by atoms with Gasteiger partial charge in [0.1, 0.15) is 5.82 Å². The fraction of sp³-hybridized carbons (Fsp3) is 0.444. The molecule has 0 bridgehead atoms. The fourth-order valence-corrected chi connectivity index (χ4v) is 4.46. The van der Waals surface area contributed by atoms with Crippen molar-refractivity contribution in [1.29, 1.82) is 5.26 Å². The van der Waals surface area contributed by atoms with Crippen LogP contribution in [0.15, 0.2) is 42.5 Å². The SMILES string of the molecule is Cc1cc(C)cc(N(CCC#N)C(=O)CN2CCC(C(=O)NCCc3ccccc3F)CC2)c1. The Morgan fingerprint density at radius 2 is 1.82 bits per heavy atom. The molecule has 1 saturated heterocycles. The van der Waals surface area contributed by atoms with Gasteiger partial charge in [0.15, 0.2) is 0 Å². The number of aryl methyl sites for hydroxylation is 2. The molecule has 7 heteroatoms. The number of amides is 2. The second kappa shape index (κ2) is 12.3. The van der Waals surface area contributed by atoms with E-state index in [0.29, 0.717) is 51.0 Å². The number of likely N-dealkylation sites (tertiary alicyclic amines) is 1. The topological polar surface area (TPSA) is 76.4 Å². The van der Waals surface area contributed by atoms with Crippen LogP contribution in [-0.2, 0) is 16.0 Å². The van der Waals surface area contributed by atoms with Gasteiger partial charge in [0.05, 0.1) is 19.0 Å². The van der Waals surface area contributed by atoms with Crippen molar-refractivity contribution < 1.29 is 14.0 Å². The Morgan fingerprint density at radius 3 is 2.47 bits per heavy atom. The van der Waals surface area contributed by atoms with E-state index in [-0.39, 0.29) is 36.5 Å². The van der Waals surface area contributed by atoms with Crippen molar-refractivity contribution >= 4 is 17.5 Å². The van der Waals surface area contributed by atoms with Gasteiger partial charge < -0.3 is 10.2 Å². The molecule has 0 atom stereocenters. The molecule has 0 aliphatic carbocycles. The first-order valence-electron chi connectivity index (χ1n) is 11.9. The van der Waals surface area contributed by atoms with Crippen molar-refractivity contribution in [2.45, 2.75) is 39.5 Å². The third-order valence-corrected chi connectivity index (χ3v) is 6.24. The van der Waals surface area contributed by atoms with Crippen LogP contribution in [0.25, 0.3) is 0 Å². The molecule has 2 aromatic carbocycles. The summed E-state index contributed by atoms with van der Waals surface area (Å²) in [7, 11) is 0. The number of benzene rings is 2. The molecule has 0 aromatic heterocycles. The minimum atomic E-state index is -0.251. The number of carbonyl (C=O) groups is 2. The van der Waals surface area contributed by atoms with Gasteiger partial charge >= 0.3 is 0 Å². The van der Waals surface area contributed by atoms with Gasteiger partial charge in [-0.2, -0.15) is 5.26 Å². The van der Waals surface area contributed by atoms with Crippen molar-refractivity contribution in [3.05, 3.63) is 65.0 Å². The maximum Gasteiger partial charge on any atom is 0.241 e. The van der Waals surface area contributed by atoms with E-state index >= 15 is 0 Å². The Hall–Kier alpha value is -3.24. The normalized spacial score (nSPS) is 14.4. The van der Waals surface area contributed by atoms with Gasteiger partial charge in [-0.05, 0) is 81.1 Å². The zero-order chi connectivity index (χ0) is 24.5. The largest absolute Gasteiger partial charge is 0.356 e. The first kappa shape index (κ1) is 25.4.